The van der Waals surface area contributed by atoms with Crippen molar-refractivity contribution < 1.29 is 4.42 Å². The summed E-state index contributed by atoms with van der Waals surface area (Å²) in [7, 11) is 0. The Morgan fingerprint density at radius 3 is 2.91 bits per heavy atom. The number of aromatic amines is 1. The van der Waals surface area contributed by atoms with Crippen molar-refractivity contribution in [2.75, 3.05) is 0 Å². The summed E-state index contributed by atoms with van der Waals surface area (Å²) >= 11 is 0. The van der Waals surface area contributed by atoms with Crippen LogP contribution in [0.2, 0.25) is 0 Å². The lowest BCUT2D eigenvalue weighted by Crippen LogP contribution is -2.18. The average Bonchev–Trinajstić information content (AvgIpc) is 3.60. The van der Waals surface area contributed by atoms with Gasteiger partial charge in [-0.25, -0.2) is 15.0 Å². The van der Waals surface area contributed by atoms with Gasteiger partial charge < -0.3 is 14.0 Å². The van der Waals surface area contributed by atoms with Gasteiger partial charge in [0.2, 0.25) is 0 Å². The first-order chi connectivity index (χ1) is 15.8. The van der Waals surface area contributed by atoms with E-state index in [9.17, 15) is 0 Å². The molecule has 0 saturated heterocycles. The summed E-state index contributed by atoms with van der Waals surface area (Å²) in [5.74, 6) is 1.40. The quantitative estimate of drug-likeness (QED) is 0.444. The number of fused-ring (bicyclic) bond motifs is 3. The van der Waals surface area contributed by atoms with Crippen molar-refractivity contribution in [3.8, 4) is 17.5 Å². The van der Waals surface area contributed by atoms with Crippen molar-refractivity contribution in [2.24, 2.45) is 5.92 Å². The highest BCUT2D eigenvalue weighted by Crippen LogP contribution is 2.40. The highest BCUT2D eigenvalue weighted by molar-refractivity contribution is 6.02. The standard InChI is InChI=1S/C23H22N8O/c24-7-5-15-1-3-18(4-2-15)31-21-19-6-8-25-22(19)26-10-20(21)29-23(31)16-9-28-30(11-16)12-17-13-32-14-27-17/h6,8-11,13-15,18H,1-5,12H2,(H,25,26)/t15-,18-. The number of nitriles is 1. The number of hydrogen-bond acceptors (Lipinski definition) is 6. The van der Waals surface area contributed by atoms with E-state index in [-0.39, 0.29) is 0 Å². The molecule has 0 unspecified atom stereocenters. The van der Waals surface area contributed by atoms with E-state index < -0.39 is 0 Å². The van der Waals surface area contributed by atoms with Crippen LogP contribution >= 0.6 is 0 Å². The van der Waals surface area contributed by atoms with E-state index >= 15 is 0 Å². The summed E-state index contributed by atoms with van der Waals surface area (Å²) in [6.07, 6.45) is 15.5. The van der Waals surface area contributed by atoms with Gasteiger partial charge in [0.25, 0.3) is 0 Å². The maximum absolute atomic E-state index is 9.10. The number of hydrogen-bond donors (Lipinski definition) is 1. The fourth-order valence-corrected chi connectivity index (χ4v) is 4.93. The molecular formula is C23H22N8O. The molecule has 5 heterocycles. The van der Waals surface area contributed by atoms with Gasteiger partial charge in [-0.3, -0.25) is 4.68 Å². The Morgan fingerprint density at radius 2 is 2.09 bits per heavy atom. The lowest BCUT2D eigenvalue weighted by Gasteiger charge is -2.29. The van der Waals surface area contributed by atoms with E-state index in [2.05, 4.69) is 36.8 Å². The molecule has 0 spiro atoms. The van der Waals surface area contributed by atoms with Crippen LogP contribution in [0.25, 0.3) is 33.5 Å². The van der Waals surface area contributed by atoms with Gasteiger partial charge in [-0.05, 0) is 37.7 Å². The molecule has 1 saturated carbocycles. The van der Waals surface area contributed by atoms with Crippen molar-refractivity contribution in [3.63, 3.8) is 0 Å². The summed E-state index contributed by atoms with van der Waals surface area (Å²) in [5.41, 5.74) is 4.65. The van der Waals surface area contributed by atoms with Gasteiger partial charge in [0.1, 0.15) is 28.9 Å². The minimum absolute atomic E-state index is 0.323. The Hall–Kier alpha value is -3.93. The molecule has 1 N–H and O–H groups in total. The smallest absolute Gasteiger partial charge is 0.180 e. The van der Waals surface area contributed by atoms with E-state index in [0.29, 0.717) is 24.9 Å². The maximum Gasteiger partial charge on any atom is 0.180 e. The maximum atomic E-state index is 9.10. The zero-order valence-electron chi connectivity index (χ0n) is 17.5. The SMILES string of the molecule is N#CC[C@H]1CC[C@H](n2c(-c3cnn(Cc4cocn4)c3)nc3cnc4[nH]ccc4c32)CC1. The molecule has 1 aliphatic rings. The summed E-state index contributed by atoms with van der Waals surface area (Å²) in [6.45, 7) is 0.541. The van der Waals surface area contributed by atoms with E-state index in [1.54, 1.807) is 6.26 Å². The zero-order chi connectivity index (χ0) is 21.5. The van der Waals surface area contributed by atoms with Crippen molar-refractivity contribution in [1.82, 2.24) is 34.3 Å². The molecule has 1 fully saturated rings. The monoisotopic (exact) mass is 426 g/mol. The third-order valence-corrected chi connectivity index (χ3v) is 6.49. The van der Waals surface area contributed by atoms with Crippen molar-refractivity contribution in [2.45, 2.75) is 44.7 Å². The minimum atomic E-state index is 0.323. The number of rotatable bonds is 5. The molecule has 0 aromatic carbocycles. The molecule has 9 heteroatoms. The Balaban J connectivity index is 1.44. The van der Waals surface area contributed by atoms with Crippen molar-refractivity contribution in [3.05, 3.63) is 49.2 Å². The van der Waals surface area contributed by atoms with Crippen LogP contribution in [-0.2, 0) is 6.54 Å². The second-order valence-corrected chi connectivity index (χ2v) is 8.48. The van der Waals surface area contributed by atoms with Crippen LogP contribution in [0.3, 0.4) is 0 Å². The summed E-state index contributed by atoms with van der Waals surface area (Å²) in [4.78, 5) is 17.0. The van der Waals surface area contributed by atoms with E-state index in [0.717, 1.165) is 64.8 Å². The highest BCUT2D eigenvalue weighted by atomic mass is 16.3. The summed E-state index contributed by atoms with van der Waals surface area (Å²) < 4.78 is 9.31. The number of imidazole rings is 1. The molecule has 160 valence electrons. The van der Waals surface area contributed by atoms with Crippen LogP contribution in [-0.4, -0.2) is 34.3 Å². The first kappa shape index (κ1) is 18.8. The van der Waals surface area contributed by atoms with Crippen LogP contribution in [0.15, 0.2) is 47.9 Å². The van der Waals surface area contributed by atoms with Gasteiger partial charge in [-0.2, -0.15) is 10.4 Å². The van der Waals surface area contributed by atoms with Crippen molar-refractivity contribution in [1.29, 1.82) is 5.26 Å². The third-order valence-electron chi connectivity index (χ3n) is 6.49. The van der Waals surface area contributed by atoms with Gasteiger partial charge in [-0.15, -0.1) is 0 Å². The normalized spacial score (nSPS) is 19.0. The number of aromatic nitrogens is 7. The van der Waals surface area contributed by atoms with E-state index in [1.807, 2.05) is 29.5 Å². The average molecular weight is 426 g/mol. The van der Waals surface area contributed by atoms with E-state index in [1.165, 1.54) is 6.39 Å². The van der Waals surface area contributed by atoms with E-state index in [4.69, 9.17) is 14.7 Å². The lowest BCUT2D eigenvalue weighted by molar-refractivity contribution is 0.283. The number of nitrogens with one attached hydrogen (secondary N) is 1. The number of nitrogens with zero attached hydrogens (tertiary/aromatic N) is 7. The molecule has 1 aliphatic carbocycles. The second-order valence-electron chi connectivity index (χ2n) is 8.48. The Bertz CT molecular complexity index is 1410. The highest BCUT2D eigenvalue weighted by Gasteiger charge is 2.27. The molecule has 6 rings (SSSR count). The molecule has 0 aliphatic heterocycles. The predicted molar refractivity (Wildman–Crippen MR) is 117 cm³/mol. The van der Waals surface area contributed by atoms with Crippen LogP contribution in [0, 0.1) is 17.2 Å². The molecule has 5 aromatic rings. The second kappa shape index (κ2) is 7.64. The van der Waals surface area contributed by atoms with Gasteiger partial charge in [-0.1, -0.05) is 0 Å². The van der Waals surface area contributed by atoms with Crippen LogP contribution in [0.4, 0.5) is 0 Å². The third kappa shape index (κ3) is 3.15. The van der Waals surface area contributed by atoms with Gasteiger partial charge in [0.05, 0.1) is 36.1 Å². The molecule has 0 amide bonds. The zero-order valence-corrected chi connectivity index (χ0v) is 17.5. The molecule has 0 radical (unpaired) electrons. The first-order valence-corrected chi connectivity index (χ1v) is 10.9. The van der Waals surface area contributed by atoms with Gasteiger partial charge in [0.15, 0.2) is 6.39 Å². The summed E-state index contributed by atoms with van der Waals surface area (Å²) in [6, 6.07) is 4.74. The fourth-order valence-electron chi connectivity index (χ4n) is 4.93. The van der Waals surface area contributed by atoms with Crippen molar-refractivity contribution >= 4 is 22.1 Å². The molecular weight excluding hydrogens is 404 g/mol. The lowest BCUT2D eigenvalue weighted by atomic mass is 9.84. The number of H-pyrrole nitrogens is 1. The summed E-state index contributed by atoms with van der Waals surface area (Å²) in [5, 5.41) is 14.7. The predicted octanol–water partition coefficient (Wildman–Crippen LogP) is 4.46. The fraction of sp³-hybridized carbons (Fsp3) is 0.348. The van der Waals surface area contributed by atoms with Gasteiger partial charge >= 0.3 is 0 Å². The number of pyridine rings is 1. The Morgan fingerprint density at radius 1 is 1.19 bits per heavy atom. The molecule has 0 bridgehead atoms. The minimum Gasteiger partial charge on any atom is -0.451 e. The Kier molecular flexibility index (Phi) is 4.49. The van der Waals surface area contributed by atoms with Crippen LogP contribution in [0.1, 0.15) is 43.8 Å². The number of oxazole rings is 1. The largest absolute Gasteiger partial charge is 0.451 e. The molecule has 32 heavy (non-hydrogen) atoms. The van der Waals surface area contributed by atoms with Crippen LogP contribution < -0.4 is 0 Å². The van der Waals surface area contributed by atoms with Gasteiger partial charge in [0, 0.05) is 30.2 Å². The first-order valence-electron chi connectivity index (χ1n) is 10.9. The Labute approximate surface area is 183 Å². The molecule has 9 nitrogen and oxygen atoms in total. The topological polar surface area (TPSA) is 114 Å². The van der Waals surface area contributed by atoms with Crippen LogP contribution in [0.5, 0.6) is 0 Å². The molecule has 5 aromatic heterocycles. The molecule has 0 atom stereocenters.